The Morgan fingerprint density at radius 3 is 2.60 bits per heavy atom. The molecule has 0 saturated carbocycles. The lowest BCUT2D eigenvalue weighted by Gasteiger charge is -2.07. The second-order valence-corrected chi connectivity index (χ2v) is 9.42. The van der Waals surface area contributed by atoms with Gasteiger partial charge in [-0.25, -0.2) is 4.98 Å². The number of nitrogens with zero attached hydrogens (tertiary/aromatic N) is 1. The number of anilines is 1. The highest BCUT2D eigenvalue weighted by atomic mass is 32.2. The number of thiazole rings is 1. The first-order chi connectivity index (χ1) is 12.0. The van der Waals surface area contributed by atoms with Crippen LogP contribution in [0.3, 0.4) is 0 Å². The summed E-state index contributed by atoms with van der Waals surface area (Å²) in [6.45, 7) is 6.33. The van der Waals surface area contributed by atoms with Crippen LogP contribution in [0.4, 0.5) is 5.00 Å². The molecule has 0 saturated heterocycles. The third kappa shape index (κ3) is 4.93. The van der Waals surface area contributed by atoms with Crippen molar-refractivity contribution in [2.75, 3.05) is 5.32 Å². The second kappa shape index (κ2) is 8.17. The van der Waals surface area contributed by atoms with Crippen molar-refractivity contribution in [3.05, 3.63) is 52.3 Å². The van der Waals surface area contributed by atoms with E-state index in [-0.39, 0.29) is 5.91 Å². The zero-order chi connectivity index (χ0) is 17.8. The molecule has 0 bridgehead atoms. The van der Waals surface area contributed by atoms with Crippen molar-refractivity contribution in [1.29, 1.82) is 0 Å². The second-order valence-electron chi connectivity index (χ2n) is 5.99. The van der Waals surface area contributed by atoms with Crippen LogP contribution in [-0.2, 0) is 11.2 Å². The fraction of sp³-hybridized carbons (Fsp3) is 0.263. The Balaban J connectivity index is 1.64. The molecular formula is C19H20N2OS3. The number of nitrogens with one attached hydrogen (secondary N) is 1. The van der Waals surface area contributed by atoms with Crippen molar-refractivity contribution in [3.8, 4) is 10.6 Å². The number of thiophene rings is 1. The molecule has 0 radical (unpaired) electrons. The highest BCUT2D eigenvalue weighted by Crippen LogP contribution is 2.35. The van der Waals surface area contributed by atoms with E-state index in [0.29, 0.717) is 11.7 Å². The van der Waals surface area contributed by atoms with E-state index in [1.807, 2.05) is 47.6 Å². The van der Waals surface area contributed by atoms with Gasteiger partial charge in [-0.2, -0.15) is 0 Å². The molecule has 2 aromatic heterocycles. The predicted octanol–water partition coefficient (Wildman–Crippen LogP) is 5.86. The molecule has 6 heteroatoms. The number of amides is 1. The minimum absolute atomic E-state index is 0.00115. The molecule has 0 atom stereocenters. The number of carbonyl (C=O) groups is 1. The fourth-order valence-corrected chi connectivity index (χ4v) is 4.90. The third-order valence-electron chi connectivity index (χ3n) is 3.43. The predicted molar refractivity (Wildman–Crippen MR) is 110 cm³/mol. The molecule has 1 aromatic carbocycles. The van der Waals surface area contributed by atoms with Gasteiger partial charge in [0.25, 0.3) is 0 Å². The molecule has 0 spiro atoms. The maximum absolute atomic E-state index is 12.4. The first-order valence-electron chi connectivity index (χ1n) is 8.06. The average molecular weight is 389 g/mol. The Hall–Kier alpha value is -1.63. The van der Waals surface area contributed by atoms with Crippen LogP contribution in [0, 0.1) is 6.92 Å². The number of benzene rings is 1. The molecule has 0 aliphatic heterocycles. The van der Waals surface area contributed by atoms with Crippen LogP contribution in [0.2, 0.25) is 0 Å². The zero-order valence-electron chi connectivity index (χ0n) is 14.4. The van der Waals surface area contributed by atoms with Crippen molar-refractivity contribution >= 4 is 45.3 Å². The van der Waals surface area contributed by atoms with Crippen molar-refractivity contribution < 1.29 is 4.79 Å². The lowest BCUT2D eigenvalue weighted by Crippen LogP contribution is -2.14. The molecule has 25 heavy (non-hydrogen) atoms. The normalized spacial score (nSPS) is 11.0. The zero-order valence-corrected chi connectivity index (χ0v) is 16.9. The van der Waals surface area contributed by atoms with Gasteiger partial charge in [0.1, 0.15) is 10.0 Å². The van der Waals surface area contributed by atoms with E-state index < -0.39 is 0 Å². The van der Waals surface area contributed by atoms with Crippen LogP contribution in [0.1, 0.15) is 25.1 Å². The third-order valence-corrected chi connectivity index (χ3v) is 6.27. The monoisotopic (exact) mass is 388 g/mol. The minimum Gasteiger partial charge on any atom is -0.317 e. The summed E-state index contributed by atoms with van der Waals surface area (Å²) in [5.74, 6) is 0.00115. The van der Waals surface area contributed by atoms with Gasteiger partial charge >= 0.3 is 0 Å². The maximum atomic E-state index is 12.4. The van der Waals surface area contributed by atoms with Gasteiger partial charge in [0.15, 0.2) is 0 Å². The quantitative estimate of drug-likeness (QED) is 0.538. The summed E-state index contributed by atoms with van der Waals surface area (Å²) in [7, 11) is 0. The van der Waals surface area contributed by atoms with E-state index in [0.717, 1.165) is 26.8 Å². The van der Waals surface area contributed by atoms with E-state index in [9.17, 15) is 4.79 Å². The molecule has 0 aliphatic rings. The molecule has 2 heterocycles. The van der Waals surface area contributed by atoms with Gasteiger partial charge in [-0.3, -0.25) is 4.79 Å². The molecular weight excluding hydrogens is 368 g/mol. The summed E-state index contributed by atoms with van der Waals surface area (Å²) in [5.41, 5.74) is 3.02. The molecule has 0 unspecified atom stereocenters. The highest BCUT2D eigenvalue weighted by Gasteiger charge is 2.13. The average Bonchev–Trinajstić information content (AvgIpc) is 3.17. The number of hydrogen-bond acceptors (Lipinski definition) is 5. The van der Waals surface area contributed by atoms with Gasteiger partial charge in [0.05, 0.1) is 6.42 Å². The Morgan fingerprint density at radius 1 is 1.20 bits per heavy atom. The summed E-state index contributed by atoms with van der Waals surface area (Å²) >= 11 is 4.96. The van der Waals surface area contributed by atoms with Gasteiger partial charge in [-0.05, 0) is 36.1 Å². The van der Waals surface area contributed by atoms with Gasteiger partial charge in [-0.1, -0.05) is 26.0 Å². The Kier molecular flexibility index (Phi) is 5.93. The Morgan fingerprint density at radius 2 is 1.96 bits per heavy atom. The van der Waals surface area contributed by atoms with Crippen LogP contribution in [0.15, 0.2) is 46.0 Å². The van der Waals surface area contributed by atoms with Gasteiger partial charge in [0, 0.05) is 26.8 Å². The minimum atomic E-state index is 0.00115. The first kappa shape index (κ1) is 18.2. The van der Waals surface area contributed by atoms with E-state index in [1.54, 1.807) is 11.3 Å². The van der Waals surface area contributed by atoms with E-state index in [1.165, 1.54) is 16.2 Å². The summed E-state index contributed by atoms with van der Waals surface area (Å²) in [4.78, 5) is 18.1. The highest BCUT2D eigenvalue weighted by molar-refractivity contribution is 7.99. The number of aromatic nitrogens is 1. The molecule has 1 amide bonds. The molecule has 1 N–H and O–H groups in total. The maximum Gasteiger partial charge on any atom is 0.229 e. The Bertz CT molecular complexity index is 850. The number of carbonyl (C=O) groups excluding carboxylic acids is 1. The first-order valence-corrected chi connectivity index (χ1v) is 10.7. The van der Waals surface area contributed by atoms with Crippen LogP contribution in [0.25, 0.3) is 10.6 Å². The fourth-order valence-electron chi connectivity index (χ4n) is 2.37. The van der Waals surface area contributed by atoms with E-state index in [4.69, 9.17) is 0 Å². The molecule has 0 aliphatic carbocycles. The van der Waals surface area contributed by atoms with E-state index in [2.05, 4.69) is 36.3 Å². The molecule has 3 aromatic rings. The van der Waals surface area contributed by atoms with Crippen molar-refractivity contribution in [3.63, 3.8) is 0 Å². The van der Waals surface area contributed by atoms with Crippen LogP contribution in [-0.4, -0.2) is 16.1 Å². The van der Waals surface area contributed by atoms with Crippen LogP contribution >= 0.6 is 34.4 Å². The largest absolute Gasteiger partial charge is 0.317 e. The SMILES string of the molecule is Cc1csc(-c2ccsc2NC(=O)Cc2ccc(SC(C)C)cc2)n1. The summed E-state index contributed by atoms with van der Waals surface area (Å²) in [6.07, 6.45) is 0.376. The topological polar surface area (TPSA) is 42.0 Å². The van der Waals surface area contributed by atoms with Crippen molar-refractivity contribution in [2.45, 2.75) is 37.3 Å². The Labute approximate surface area is 160 Å². The number of aryl methyl sites for hydroxylation is 1. The van der Waals surface area contributed by atoms with Crippen molar-refractivity contribution in [1.82, 2.24) is 4.98 Å². The molecule has 130 valence electrons. The molecule has 3 rings (SSSR count). The summed E-state index contributed by atoms with van der Waals surface area (Å²) < 4.78 is 0. The summed E-state index contributed by atoms with van der Waals surface area (Å²) in [6, 6.07) is 10.2. The van der Waals surface area contributed by atoms with Crippen molar-refractivity contribution in [2.24, 2.45) is 0 Å². The van der Waals surface area contributed by atoms with Crippen LogP contribution in [0.5, 0.6) is 0 Å². The standard InChI is InChI=1S/C19H20N2OS3/c1-12(2)25-15-6-4-14(5-7-15)10-17(22)21-19-16(8-9-23-19)18-20-13(3)11-24-18/h4-9,11-12H,10H2,1-3H3,(H,21,22). The van der Waals surface area contributed by atoms with Crippen LogP contribution < -0.4 is 5.32 Å². The lowest BCUT2D eigenvalue weighted by atomic mass is 10.1. The van der Waals surface area contributed by atoms with Gasteiger partial charge in [0.2, 0.25) is 5.91 Å². The number of hydrogen-bond donors (Lipinski definition) is 1. The van der Waals surface area contributed by atoms with E-state index >= 15 is 0 Å². The smallest absolute Gasteiger partial charge is 0.229 e. The summed E-state index contributed by atoms with van der Waals surface area (Å²) in [5, 5.41) is 9.42. The number of rotatable bonds is 6. The van der Waals surface area contributed by atoms with Gasteiger partial charge < -0.3 is 5.32 Å². The molecule has 3 nitrogen and oxygen atoms in total. The molecule has 0 fully saturated rings. The lowest BCUT2D eigenvalue weighted by molar-refractivity contribution is -0.115. The van der Waals surface area contributed by atoms with Gasteiger partial charge in [-0.15, -0.1) is 34.4 Å². The number of thioether (sulfide) groups is 1.